The second-order valence-corrected chi connectivity index (χ2v) is 8.38. The number of nitro benzene ring substituents is 1. The fourth-order valence-corrected chi connectivity index (χ4v) is 3.95. The molecule has 1 aromatic carbocycles. The van der Waals surface area contributed by atoms with Gasteiger partial charge in [0.15, 0.2) is 5.13 Å². The highest BCUT2D eigenvalue weighted by molar-refractivity contribution is 7.22. The van der Waals surface area contributed by atoms with Crippen molar-refractivity contribution in [2.24, 2.45) is 0 Å². The number of non-ortho nitro benzene ring substituents is 1. The molecule has 8 nitrogen and oxygen atoms in total. The van der Waals surface area contributed by atoms with Crippen LogP contribution in [0.2, 0.25) is 0 Å². The molecule has 9 heteroatoms. The van der Waals surface area contributed by atoms with E-state index >= 15 is 0 Å². The van der Waals surface area contributed by atoms with E-state index in [9.17, 15) is 14.9 Å². The topological polar surface area (TPSA) is 88.8 Å². The molecule has 0 radical (unpaired) electrons. The number of ether oxygens (including phenoxy) is 1. The summed E-state index contributed by atoms with van der Waals surface area (Å²) in [6, 6.07) is 4.80. The van der Waals surface area contributed by atoms with Gasteiger partial charge < -0.3 is 14.5 Å². The molecule has 1 saturated heterocycles. The Hall–Kier alpha value is -2.42. The number of anilines is 1. The Morgan fingerprint density at radius 1 is 1.38 bits per heavy atom. The number of thiazole rings is 1. The van der Waals surface area contributed by atoms with Crippen LogP contribution in [0, 0.1) is 10.1 Å². The second kappa shape index (κ2) is 6.71. The summed E-state index contributed by atoms with van der Waals surface area (Å²) in [6.07, 6.45) is -0.302. The maximum atomic E-state index is 12.3. The number of hydrogen-bond acceptors (Lipinski definition) is 7. The van der Waals surface area contributed by atoms with Crippen LogP contribution >= 0.6 is 11.3 Å². The van der Waals surface area contributed by atoms with E-state index in [-0.39, 0.29) is 17.8 Å². The smallest absolute Gasteiger partial charge is 0.410 e. The number of carbonyl (C=O) groups is 1. The third-order valence-electron chi connectivity index (χ3n) is 4.10. The fraction of sp³-hybridized carbons (Fsp3) is 0.529. The van der Waals surface area contributed by atoms with Crippen LogP contribution in [0.1, 0.15) is 27.7 Å². The van der Waals surface area contributed by atoms with Crippen molar-refractivity contribution < 1.29 is 14.5 Å². The van der Waals surface area contributed by atoms with E-state index in [0.29, 0.717) is 25.2 Å². The number of hydrogen-bond donors (Lipinski definition) is 0. The van der Waals surface area contributed by atoms with Crippen LogP contribution in [0.25, 0.3) is 10.2 Å². The predicted molar refractivity (Wildman–Crippen MR) is 101 cm³/mol. The maximum Gasteiger partial charge on any atom is 0.410 e. The zero-order valence-electron chi connectivity index (χ0n) is 15.3. The first-order chi connectivity index (χ1) is 12.1. The molecule has 3 rings (SSSR count). The maximum absolute atomic E-state index is 12.3. The first-order valence-corrected chi connectivity index (χ1v) is 9.25. The minimum atomic E-state index is -0.515. The molecule has 1 fully saturated rings. The van der Waals surface area contributed by atoms with Crippen LogP contribution in [0.15, 0.2) is 18.2 Å². The summed E-state index contributed by atoms with van der Waals surface area (Å²) in [6.45, 7) is 9.33. The molecule has 0 bridgehead atoms. The molecule has 2 heterocycles. The Kier molecular flexibility index (Phi) is 4.74. The number of nitrogens with zero attached hydrogens (tertiary/aromatic N) is 4. The van der Waals surface area contributed by atoms with E-state index in [1.165, 1.54) is 23.5 Å². The Labute approximate surface area is 155 Å². The number of benzene rings is 1. The average Bonchev–Trinajstić information content (AvgIpc) is 2.95. The van der Waals surface area contributed by atoms with Gasteiger partial charge in [-0.1, -0.05) is 11.3 Å². The van der Waals surface area contributed by atoms with Gasteiger partial charge in [-0.25, -0.2) is 9.78 Å². The third-order valence-corrected chi connectivity index (χ3v) is 5.17. The van der Waals surface area contributed by atoms with Crippen LogP contribution in [-0.4, -0.2) is 52.2 Å². The zero-order chi connectivity index (χ0) is 19.1. The zero-order valence-corrected chi connectivity index (χ0v) is 16.1. The molecular formula is C17H22N4O4S. The van der Waals surface area contributed by atoms with Crippen molar-refractivity contribution in [3.63, 3.8) is 0 Å². The summed E-state index contributed by atoms with van der Waals surface area (Å²) >= 11 is 1.51. The Balaban J connectivity index is 1.74. The van der Waals surface area contributed by atoms with Crippen LogP contribution in [-0.2, 0) is 4.74 Å². The predicted octanol–water partition coefficient (Wildman–Crippen LogP) is 3.65. The largest absolute Gasteiger partial charge is 0.444 e. The van der Waals surface area contributed by atoms with Gasteiger partial charge in [0, 0.05) is 37.8 Å². The highest BCUT2D eigenvalue weighted by Gasteiger charge is 2.31. The molecular weight excluding hydrogens is 356 g/mol. The number of piperazine rings is 1. The number of nitro groups is 1. The first-order valence-electron chi connectivity index (χ1n) is 8.43. The van der Waals surface area contributed by atoms with E-state index in [2.05, 4.69) is 9.88 Å². The lowest BCUT2D eigenvalue weighted by Gasteiger charge is -2.40. The molecule has 1 aliphatic rings. The summed E-state index contributed by atoms with van der Waals surface area (Å²) in [5.41, 5.74) is 0.150. The molecule has 26 heavy (non-hydrogen) atoms. The minimum absolute atomic E-state index is 0.0390. The van der Waals surface area contributed by atoms with Crippen LogP contribution < -0.4 is 4.90 Å². The molecule has 1 amide bonds. The highest BCUT2D eigenvalue weighted by Crippen LogP contribution is 2.33. The third kappa shape index (κ3) is 3.87. The van der Waals surface area contributed by atoms with Crippen molar-refractivity contribution in [3.05, 3.63) is 28.3 Å². The lowest BCUT2D eigenvalue weighted by atomic mass is 10.2. The first kappa shape index (κ1) is 18.4. The van der Waals surface area contributed by atoms with Gasteiger partial charge in [0.1, 0.15) is 5.60 Å². The average molecular weight is 378 g/mol. The number of carbonyl (C=O) groups excluding carboxylic acids is 1. The molecule has 2 aromatic rings. The van der Waals surface area contributed by atoms with Crippen molar-refractivity contribution in [2.75, 3.05) is 24.5 Å². The fourth-order valence-electron chi connectivity index (χ4n) is 2.87. The van der Waals surface area contributed by atoms with Gasteiger partial charge in [0.2, 0.25) is 0 Å². The van der Waals surface area contributed by atoms with Crippen molar-refractivity contribution in [1.82, 2.24) is 9.88 Å². The molecule has 1 aromatic heterocycles. The highest BCUT2D eigenvalue weighted by atomic mass is 32.1. The van der Waals surface area contributed by atoms with E-state index in [0.717, 1.165) is 9.83 Å². The lowest BCUT2D eigenvalue weighted by Crippen LogP contribution is -2.54. The van der Waals surface area contributed by atoms with Crippen molar-refractivity contribution in [2.45, 2.75) is 39.3 Å². The summed E-state index contributed by atoms with van der Waals surface area (Å²) in [7, 11) is 0. The van der Waals surface area contributed by atoms with Crippen molar-refractivity contribution in [3.8, 4) is 0 Å². The molecule has 1 atom stereocenters. The summed E-state index contributed by atoms with van der Waals surface area (Å²) in [4.78, 5) is 31.2. The van der Waals surface area contributed by atoms with E-state index in [1.807, 2.05) is 27.7 Å². The monoisotopic (exact) mass is 378 g/mol. The Bertz CT molecular complexity index is 845. The van der Waals surface area contributed by atoms with Gasteiger partial charge in [0.25, 0.3) is 5.69 Å². The quantitative estimate of drug-likeness (QED) is 0.585. The summed E-state index contributed by atoms with van der Waals surface area (Å²) < 4.78 is 6.35. The summed E-state index contributed by atoms with van der Waals surface area (Å²) in [5.74, 6) is 0. The number of rotatable bonds is 2. The number of amides is 1. The number of aromatic nitrogens is 1. The molecule has 0 N–H and O–H groups in total. The molecule has 0 unspecified atom stereocenters. The molecule has 1 aliphatic heterocycles. The second-order valence-electron chi connectivity index (χ2n) is 7.37. The van der Waals surface area contributed by atoms with Gasteiger partial charge in [0.05, 0.1) is 15.1 Å². The van der Waals surface area contributed by atoms with Gasteiger partial charge in [-0.2, -0.15) is 0 Å². The van der Waals surface area contributed by atoms with E-state index in [4.69, 9.17) is 4.74 Å². The molecule has 140 valence electrons. The summed E-state index contributed by atoms with van der Waals surface area (Å²) in [5, 5.41) is 11.7. The van der Waals surface area contributed by atoms with Crippen molar-refractivity contribution in [1.29, 1.82) is 0 Å². The molecule has 0 aliphatic carbocycles. The Morgan fingerprint density at radius 3 is 2.73 bits per heavy atom. The van der Waals surface area contributed by atoms with E-state index in [1.54, 1.807) is 11.0 Å². The van der Waals surface area contributed by atoms with Crippen LogP contribution in [0.5, 0.6) is 0 Å². The minimum Gasteiger partial charge on any atom is -0.444 e. The SMILES string of the molecule is C[C@@H]1CN(C(=O)OC(C)(C)C)CCN1c1nc2cc([N+](=O)[O-])ccc2s1. The van der Waals surface area contributed by atoms with E-state index < -0.39 is 10.5 Å². The van der Waals surface area contributed by atoms with Crippen LogP contribution in [0.4, 0.5) is 15.6 Å². The van der Waals surface area contributed by atoms with Gasteiger partial charge in [-0.3, -0.25) is 10.1 Å². The normalized spacial score (nSPS) is 18.2. The molecule has 0 spiro atoms. The van der Waals surface area contributed by atoms with Crippen LogP contribution in [0.3, 0.4) is 0 Å². The van der Waals surface area contributed by atoms with Gasteiger partial charge in [-0.15, -0.1) is 0 Å². The standard InChI is InChI=1S/C17H22N4O4S/c1-11-10-19(16(22)25-17(2,3)4)7-8-20(11)15-18-13-9-12(21(23)24)5-6-14(13)26-15/h5-6,9,11H,7-8,10H2,1-4H3/t11-/m1/s1. The van der Waals surface area contributed by atoms with Gasteiger partial charge >= 0.3 is 6.09 Å². The molecule has 0 saturated carbocycles. The van der Waals surface area contributed by atoms with Gasteiger partial charge in [-0.05, 0) is 33.8 Å². The number of fused-ring (bicyclic) bond motifs is 1. The Morgan fingerprint density at radius 2 is 2.12 bits per heavy atom. The lowest BCUT2D eigenvalue weighted by molar-refractivity contribution is -0.384. The van der Waals surface area contributed by atoms with Crippen molar-refractivity contribution >= 4 is 38.5 Å².